The number of carbonyl (C=O) groups excluding carboxylic acids is 2. The third kappa shape index (κ3) is 4.78. The van der Waals surface area contributed by atoms with Crippen LogP contribution in [0.4, 0.5) is 0 Å². The van der Waals surface area contributed by atoms with Gasteiger partial charge < -0.3 is 10.5 Å². The van der Waals surface area contributed by atoms with Gasteiger partial charge in [-0.3, -0.25) is 19.8 Å². The molecule has 0 spiro atoms. The molecule has 114 valence electrons. The quantitative estimate of drug-likeness (QED) is 0.833. The van der Waals surface area contributed by atoms with Crippen molar-refractivity contribution in [3.05, 3.63) is 34.9 Å². The zero-order valence-corrected chi connectivity index (χ0v) is 12.3. The van der Waals surface area contributed by atoms with Crippen molar-refractivity contribution in [2.45, 2.75) is 6.10 Å². The summed E-state index contributed by atoms with van der Waals surface area (Å²) in [7, 11) is 0. The number of ether oxygens (including phenoxy) is 1. The molecule has 1 atom stereocenters. The average Bonchev–Trinajstić information content (AvgIpc) is 2.47. The highest BCUT2D eigenvalue weighted by Gasteiger charge is 2.21. The van der Waals surface area contributed by atoms with E-state index in [-0.39, 0.29) is 18.6 Å². The fraction of sp³-hybridized carbons (Fsp3) is 0.429. The SMILES string of the molecule is NCC1CN(CC(=O)NC(=O)c2ccc(Cl)cc2)CCO1. The van der Waals surface area contributed by atoms with Crippen molar-refractivity contribution in [3.63, 3.8) is 0 Å². The highest BCUT2D eigenvalue weighted by molar-refractivity contribution is 6.30. The van der Waals surface area contributed by atoms with E-state index in [4.69, 9.17) is 22.1 Å². The summed E-state index contributed by atoms with van der Waals surface area (Å²) in [5.74, 6) is -0.770. The molecule has 1 aliphatic heterocycles. The lowest BCUT2D eigenvalue weighted by atomic mass is 10.2. The molecule has 0 bridgehead atoms. The second-order valence-electron chi connectivity index (χ2n) is 4.85. The van der Waals surface area contributed by atoms with Crippen LogP contribution in [0.5, 0.6) is 0 Å². The van der Waals surface area contributed by atoms with E-state index in [9.17, 15) is 9.59 Å². The number of imide groups is 1. The summed E-state index contributed by atoms with van der Waals surface area (Å²) in [4.78, 5) is 25.7. The van der Waals surface area contributed by atoms with E-state index in [1.165, 1.54) is 0 Å². The van der Waals surface area contributed by atoms with Crippen molar-refractivity contribution in [1.82, 2.24) is 10.2 Å². The molecule has 1 aliphatic rings. The summed E-state index contributed by atoms with van der Waals surface area (Å²) in [6, 6.07) is 6.36. The highest BCUT2D eigenvalue weighted by atomic mass is 35.5. The topological polar surface area (TPSA) is 84.7 Å². The van der Waals surface area contributed by atoms with E-state index >= 15 is 0 Å². The third-order valence-corrected chi connectivity index (χ3v) is 3.46. The molecule has 1 saturated heterocycles. The van der Waals surface area contributed by atoms with E-state index < -0.39 is 5.91 Å². The number of rotatable bonds is 4. The maximum absolute atomic E-state index is 11.9. The molecule has 1 unspecified atom stereocenters. The van der Waals surface area contributed by atoms with E-state index in [0.29, 0.717) is 36.8 Å². The number of nitrogens with zero attached hydrogens (tertiary/aromatic N) is 1. The van der Waals surface area contributed by atoms with Crippen molar-refractivity contribution < 1.29 is 14.3 Å². The lowest BCUT2D eigenvalue weighted by molar-refractivity contribution is -0.123. The molecule has 1 fully saturated rings. The minimum Gasteiger partial charge on any atom is -0.374 e. The van der Waals surface area contributed by atoms with Gasteiger partial charge in [0.1, 0.15) is 0 Å². The van der Waals surface area contributed by atoms with Crippen LogP contribution in [0.15, 0.2) is 24.3 Å². The zero-order chi connectivity index (χ0) is 15.2. The molecule has 0 saturated carbocycles. The Bertz CT molecular complexity index is 507. The maximum atomic E-state index is 11.9. The fourth-order valence-corrected chi connectivity index (χ4v) is 2.24. The number of hydrogen-bond donors (Lipinski definition) is 2. The van der Waals surface area contributed by atoms with Crippen molar-refractivity contribution >= 4 is 23.4 Å². The summed E-state index contributed by atoms with van der Waals surface area (Å²) in [6.07, 6.45) is -0.0569. The Morgan fingerprint density at radius 2 is 2.10 bits per heavy atom. The van der Waals surface area contributed by atoms with Crippen LogP contribution in [-0.2, 0) is 9.53 Å². The number of nitrogens with two attached hydrogens (primary N) is 1. The first-order valence-electron chi connectivity index (χ1n) is 6.72. The Labute approximate surface area is 128 Å². The third-order valence-electron chi connectivity index (χ3n) is 3.21. The van der Waals surface area contributed by atoms with Gasteiger partial charge in [-0.2, -0.15) is 0 Å². The lowest BCUT2D eigenvalue weighted by Gasteiger charge is -2.31. The predicted octanol–water partition coefficient (Wildman–Crippen LogP) is 0.256. The molecule has 2 amide bonds. The van der Waals surface area contributed by atoms with Crippen LogP contribution in [0.1, 0.15) is 10.4 Å². The van der Waals surface area contributed by atoms with Crippen molar-refractivity contribution in [1.29, 1.82) is 0 Å². The Hall–Kier alpha value is -1.47. The van der Waals surface area contributed by atoms with E-state index in [1.807, 2.05) is 4.90 Å². The monoisotopic (exact) mass is 311 g/mol. The van der Waals surface area contributed by atoms with Gasteiger partial charge >= 0.3 is 0 Å². The Morgan fingerprint density at radius 1 is 1.38 bits per heavy atom. The molecule has 0 aliphatic carbocycles. The van der Waals surface area contributed by atoms with Crippen molar-refractivity contribution in [3.8, 4) is 0 Å². The standard InChI is InChI=1S/C14H18ClN3O3/c15-11-3-1-10(2-4-11)14(20)17-13(19)9-18-5-6-21-12(7-16)8-18/h1-4,12H,5-9,16H2,(H,17,19,20). The molecule has 2 rings (SSSR count). The molecule has 1 aromatic carbocycles. The lowest BCUT2D eigenvalue weighted by Crippen LogP contribution is -2.49. The predicted molar refractivity (Wildman–Crippen MR) is 79.2 cm³/mol. The number of hydrogen-bond acceptors (Lipinski definition) is 5. The molecule has 3 N–H and O–H groups in total. The van der Waals surface area contributed by atoms with E-state index in [2.05, 4.69) is 5.32 Å². The van der Waals surface area contributed by atoms with E-state index in [0.717, 1.165) is 0 Å². The van der Waals surface area contributed by atoms with Gasteiger partial charge in [0.15, 0.2) is 0 Å². The minimum atomic E-state index is -0.430. The van der Waals surface area contributed by atoms with Gasteiger partial charge in [0, 0.05) is 30.2 Å². The number of nitrogens with one attached hydrogen (secondary N) is 1. The van der Waals surface area contributed by atoms with Crippen LogP contribution in [0.2, 0.25) is 5.02 Å². The molecule has 21 heavy (non-hydrogen) atoms. The highest BCUT2D eigenvalue weighted by Crippen LogP contribution is 2.09. The van der Waals surface area contributed by atoms with Crippen LogP contribution in [0, 0.1) is 0 Å². The molecule has 0 radical (unpaired) electrons. The summed E-state index contributed by atoms with van der Waals surface area (Å²) >= 11 is 5.75. The van der Waals surface area contributed by atoms with Gasteiger partial charge in [0.25, 0.3) is 5.91 Å². The Balaban J connectivity index is 1.83. The average molecular weight is 312 g/mol. The number of halogens is 1. The smallest absolute Gasteiger partial charge is 0.257 e. The summed E-state index contributed by atoms with van der Waals surface area (Å²) in [6.45, 7) is 2.36. The minimum absolute atomic E-state index is 0.0569. The number of carbonyl (C=O) groups is 2. The maximum Gasteiger partial charge on any atom is 0.257 e. The molecule has 7 heteroatoms. The van der Waals surface area contributed by atoms with Crippen LogP contribution in [0.25, 0.3) is 0 Å². The number of benzene rings is 1. The second-order valence-corrected chi connectivity index (χ2v) is 5.28. The van der Waals surface area contributed by atoms with Crippen LogP contribution in [0.3, 0.4) is 0 Å². The first-order chi connectivity index (χ1) is 10.1. The zero-order valence-electron chi connectivity index (χ0n) is 11.5. The van der Waals surface area contributed by atoms with Gasteiger partial charge in [0.05, 0.1) is 19.3 Å². The first kappa shape index (κ1) is 15.9. The van der Waals surface area contributed by atoms with Crippen LogP contribution < -0.4 is 11.1 Å². The molecular formula is C14H18ClN3O3. The molecule has 1 heterocycles. The molecular weight excluding hydrogens is 294 g/mol. The fourth-order valence-electron chi connectivity index (χ4n) is 2.11. The van der Waals surface area contributed by atoms with Gasteiger partial charge in [-0.15, -0.1) is 0 Å². The first-order valence-corrected chi connectivity index (χ1v) is 7.10. The number of morpholine rings is 1. The van der Waals surface area contributed by atoms with Crippen molar-refractivity contribution in [2.24, 2.45) is 5.73 Å². The van der Waals surface area contributed by atoms with Gasteiger partial charge in [0.2, 0.25) is 5.91 Å². The van der Waals surface area contributed by atoms with Crippen molar-refractivity contribution in [2.75, 3.05) is 32.8 Å². The summed E-state index contributed by atoms with van der Waals surface area (Å²) < 4.78 is 5.42. The van der Waals surface area contributed by atoms with Crippen LogP contribution in [-0.4, -0.2) is 55.6 Å². The molecule has 0 aromatic heterocycles. The van der Waals surface area contributed by atoms with Gasteiger partial charge in [-0.25, -0.2) is 0 Å². The Kier molecular flexibility index (Phi) is 5.69. The largest absolute Gasteiger partial charge is 0.374 e. The van der Waals surface area contributed by atoms with E-state index in [1.54, 1.807) is 24.3 Å². The Morgan fingerprint density at radius 3 is 2.76 bits per heavy atom. The second kappa shape index (κ2) is 7.51. The number of amides is 2. The van der Waals surface area contributed by atoms with Gasteiger partial charge in [-0.05, 0) is 24.3 Å². The molecule has 1 aromatic rings. The summed E-state index contributed by atoms with van der Waals surface area (Å²) in [5.41, 5.74) is 5.95. The summed E-state index contributed by atoms with van der Waals surface area (Å²) in [5, 5.41) is 2.90. The normalized spacial score (nSPS) is 19.2. The van der Waals surface area contributed by atoms with Gasteiger partial charge in [-0.1, -0.05) is 11.6 Å². The van der Waals surface area contributed by atoms with Crippen LogP contribution >= 0.6 is 11.6 Å². The molecule has 6 nitrogen and oxygen atoms in total.